The van der Waals surface area contributed by atoms with Gasteiger partial charge in [-0.2, -0.15) is 5.10 Å². The molecule has 1 atom stereocenters. The van der Waals surface area contributed by atoms with Crippen LogP contribution in [0.15, 0.2) is 6.20 Å². The third-order valence-corrected chi connectivity index (χ3v) is 3.28. The van der Waals surface area contributed by atoms with Crippen LogP contribution in [0.5, 0.6) is 0 Å². The van der Waals surface area contributed by atoms with Gasteiger partial charge in [0.2, 0.25) is 0 Å². The Morgan fingerprint density at radius 3 is 3.21 bits per heavy atom. The molecule has 0 bridgehead atoms. The maximum Gasteiger partial charge on any atom is 0.341 e. The summed E-state index contributed by atoms with van der Waals surface area (Å²) in [4.78, 5) is 11.8. The number of carbonyl (C=O) groups is 1. The zero-order chi connectivity index (χ0) is 13.7. The first-order valence-corrected chi connectivity index (χ1v) is 6.71. The number of ether oxygens (including phenoxy) is 2. The van der Waals surface area contributed by atoms with Crippen LogP contribution in [0.1, 0.15) is 35.8 Å². The van der Waals surface area contributed by atoms with Crippen LogP contribution in [0.2, 0.25) is 0 Å². The Balaban J connectivity index is 1.98. The van der Waals surface area contributed by atoms with Crippen LogP contribution in [-0.4, -0.2) is 41.6 Å². The molecule has 1 aromatic rings. The maximum absolute atomic E-state index is 11.8. The number of hydrogen-bond acceptors (Lipinski definition) is 5. The van der Waals surface area contributed by atoms with E-state index in [1.807, 2.05) is 7.05 Å². The highest BCUT2D eigenvalue weighted by Crippen LogP contribution is 2.11. The summed E-state index contributed by atoms with van der Waals surface area (Å²) in [5.41, 5.74) is 1.39. The molecule has 0 saturated carbocycles. The number of carbonyl (C=O) groups excluding carboxylic acids is 1. The average Bonchev–Trinajstić information content (AvgIpc) is 2.79. The molecule has 19 heavy (non-hydrogen) atoms. The maximum atomic E-state index is 11.8. The van der Waals surface area contributed by atoms with E-state index in [-0.39, 0.29) is 5.97 Å². The van der Waals surface area contributed by atoms with Crippen molar-refractivity contribution in [3.05, 3.63) is 17.5 Å². The van der Waals surface area contributed by atoms with Crippen molar-refractivity contribution in [2.24, 2.45) is 7.05 Å². The van der Waals surface area contributed by atoms with E-state index in [1.165, 1.54) is 0 Å². The summed E-state index contributed by atoms with van der Waals surface area (Å²) in [6, 6.07) is 0.346. The highest BCUT2D eigenvalue weighted by molar-refractivity contribution is 5.90. The summed E-state index contributed by atoms with van der Waals surface area (Å²) in [7, 11) is 1.83. The van der Waals surface area contributed by atoms with Crippen LogP contribution in [0.4, 0.5) is 0 Å². The number of aryl methyl sites for hydroxylation is 1. The highest BCUT2D eigenvalue weighted by atomic mass is 16.5. The molecule has 106 valence electrons. The van der Waals surface area contributed by atoms with Crippen LogP contribution >= 0.6 is 0 Å². The van der Waals surface area contributed by atoms with Gasteiger partial charge in [0, 0.05) is 26.2 Å². The molecule has 1 unspecified atom stereocenters. The van der Waals surface area contributed by atoms with E-state index >= 15 is 0 Å². The van der Waals surface area contributed by atoms with E-state index < -0.39 is 0 Å². The van der Waals surface area contributed by atoms with Crippen LogP contribution in [-0.2, 0) is 23.1 Å². The first kappa shape index (κ1) is 14.0. The molecule has 1 aliphatic rings. The van der Waals surface area contributed by atoms with Gasteiger partial charge in [0.05, 0.1) is 25.1 Å². The monoisotopic (exact) mass is 267 g/mol. The molecular formula is C13H21N3O3. The van der Waals surface area contributed by atoms with E-state index in [4.69, 9.17) is 9.47 Å². The van der Waals surface area contributed by atoms with Crippen molar-refractivity contribution in [1.82, 2.24) is 15.1 Å². The van der Waals surface area contributed by atoms with Crippen molar-refractivity contribution in [1.29, 1.82) is 0 Å². The highest BCUT2D eigenvalue weighted by Gasteiger charge is 2.19. The number of hydrogen-bond donors (Lipinski definition) is 1. The smallest absolute Gasteiger partial charge is 0.341 e. The average molecular weight is 267 g/mol. The van der Waals surface area contributed by atoms with Crippen molar-refractivity contribution < 1.29 is 14.3 Å². The molecule has 1 fully saturated rings. The second kappa shape index (κ2) is 6.68. The fourth-order valence-corrected chi connectivity index (χ4v) is 2.19. The van der Waals surface area contributed by atoms with Gasteiger partial charge in [0.25, 0.3) is 0 Å². The lowest BCUT2D eigenvalue weighted by Gasteiger charge is -2.23. The molecular weight excluding hydrogens is 246 g/mol. The van der Waals surface area contributed by atoms with Crippen molar-refractivity contribution in [3.63, 3.8) is 0 Å². The van der Waals surface area contributed by atoms with E-state index in [2.05, 4.69) is 10.4 Å². The third-order valence-electron chi connectivity index (χ3n) is 3.28. The fraction of sp³-hybridized carbons (Fsp3) is 0.692. The molecule has 1 aromatic heterocycles. The molecule has 6 nitrogen and oxygen atoms in total. The molecule has 2 heterocycles. The number of esters is 1. The summed E-state index contributed by atoms with van der Waals surface area (Å²) in [6.45, 7) is 4.34. The fourth-order valence-electron chi connectivity index (χ4n) is 2.19. The number of aromatic nitrogens is 2. The summed E-state index contributed by atoms with van der Waals surface area (Å²) in [5, 5.41) is 7.54. The number of rotatable bonds is 5. The van der Waals surface area contributed by atoms with Crippen LogP contribution in [0.3, 0.4) is 0 Å². The van der Waals surface area contributed by atoms with Crippen LogP contribution in [0, 0.1) is 0 Å². The predicted molar refractivity (Wildman–Crippen MR) is 69.8 cm³/mol. The van der Waals surface area contributed by atoms with E-state index in [1.54, 1.807) is 17.8 Å². The minimum atomic E-state index is -0.313. The summed E-state index contributed by atoms with van der Waals surface area (Å²) in [5.74, 6) is -0.313. The molecule has 0 aliphatic carbocycles. The van der Waals surface area contributed by atoms with E-state index in [0.717, 1.165) is 31.7 Å². The van der Waals surface area contributed by atoms with Gasteiger partial charge in [0.15, 0.2) is 0 Å². The molecule has 2 rings (SSSR count). The Labute approximate surface area is 113 Å². The van der Waals surface area contributed by atoms with Gasteiger partial charge < -0.3 is 14.8 Å². The Morgan fingerprint density at radius 1 is 1.68 bits per heavy atom. The number of nitrogens with one attached hydrogen (secondary N) is 1. The summed E-state index contributed by atoms with van der Waals surface area (Å²) in [6.07, 6.45) is 3.74. The molecule has 6 heteroatoms. The molecule has 1 aliphatic heterocycles. The predicted octanol–water partition coefficient (Wildman–Crippen LogP) is 0.865. The second-order valence-corrected chi connectivity index (χ2v) is 4.64. The Kier molecular flexibility index (Phi) is 4.93. The Morgan fingerprint density at radius 2 is 2.53 bits per heavy atom. The molecule has 1 saturated heterocycles. The van der Waals surface area contributed by atoms with Crippen LogP contribution < -0.4 is 5.32 Å². The van der Waals surface area contributed by atoms with Crippen molar-refractivity contribution in [2.45, 2.75) is 32.4 Å². The van der Waals surface area contributed by atoms with Gasteiger partial charge >= 0.3 is 5.97 Å². The quantitative estimate of drug-likeness (QED) is 0.802. The van der Waals surface area contributed by atoms with E-state index in [9.17, 15) is 4.79 Å². The van der Waals surface area contributed by atoms with Crippen molar-refractivity contribution in [2.75, 3.05) is 19.8 Å². The molecule has 0 spiro atoms. The largest absolute Gasteiger partial charge is 0.462 e. The molecule has 0 radical (unpaired) electrons. The van der Waals surface area contributed by atoms with Gasteiger partial charge in [-0.3, -0.25) is 4.68 Å². The number of nitrogens with zero attached hydrogens (tertiary/aromatic N) is 2. The standard InChI is InChI=1S/C13H21N3O3/c1-3-19-13(17)11-7-15-16(2)12(11)8-14-10-5-4-6-18-9-10/h7,10,14H,3-6,8-9H2,1-2H3. The Bertz CT molecular complexity index is 425. The topological polar surface area (TPSA) is 65.4 Å². The molecule has 0 aromatic carbocycles. The van der Waals surface area contributed by atoms with Crippen molar-refractivity contribution in [3.8, 4) is 0 Å². The Hall–Kier alpha value is -1.40. The molecule has 0 amide bonds. The molecule has 1 N–H and O–H groups in total. The third kappa shape index (κ3) is 3.54. The zero-order valence-corrected chi connectivity index (χ0v) is 11.5. The lowest BCUT2D eigenvalue weighted by molar-refractivity contribution is 0.0523. The summed E-state index contributed by atoms with van der Waals surface area (Å²) < 4.78 is 12.2. The first-order valence-electron chi connectivity index (χ1n) is 6.71. The van der Waals surface area contributed by atoms with E-state index in [0.29, 0.717) is 24.8 Å². The normalized spacial score (nSPS) is 19.4. The lowest BCUT2D eigenvalue weighted by Crippen LogP contribution is -2.37. The minimum absolute atomic E-state index is 0.313. The SMILES string of the molecule is CCOC(=O)c1cnn(C)c1CNC1CCCOC1. The first-order chi connectivity index (χ1) is 9.22. The minimum Gasteiger partial charge on any atom is -0.462 e. The van der Waals surface area contributed by atoms with Gasteiger partial charge in [0.1, 0.15) is 5.56 Å². The second-order valence-electron chi connectivity index (χ2n) is 4.64. The lowest BCUT2D eigenvalue weighted by atomic mass is 10.1. The summed E-state index contributed by atoms with van der Waals surface area (Å²) >= 11 is 0. The van der Waals surface area contributed by atoms with Gasteiger partial charge in [-0.15, -0.1) is 0 Å². The van der Waals surface area contributed by atoms with Gasteiger partial charge in [-0.25, -0.2) is 4.79 Å². The van der Waals surface area contributed by atoms with Crippen LogP contribution in [0.25, 0.3) is 0 Å². The van der Waals surface area contributed by atoms with Crippen molar-refractivity contribution >= 4 is 5.97 Å². The zero-order valence-electron chi connectivity index (χ0n) is 11.5. The van der Waals surface area contributed by atoms with Gasteiger partial charge in [-0.1, -0.05) is 0 Å². The van der Waals surface area contributed by atoms with Gasteiger partial charge in [-0.05, 0) is 19.8 Å².